The number of halogens is 3. The van der Waals surface area contributed by atoms with Crippen molar-refractivity contribution in [2.45, 2.75) is 25.4 Å². The van der Waals surface area contributed by atoms with Crippen LogP contribution in [-0.2, 0) is 16.1 Å². The molecule has 0 radical (unpaired) electrons. The van der Waals surface area contributed by atoms with Gasteiger partial charge in [0.1, 0.15) is 11.5 Å². The van der Waals surface area contributed by atoms with E-state index in [0.29, 0.717) is 17.0 Å². The molecule has 0 saturated carbocycles. The number of ether oxygens (including phenoxy) is 2. The Morgan fingerprint density at radius 2 is 1.64 bits per heavy atom. The number of imide groups is 1. The van der Waals surface area contributed by atoms with Gasteiger partial charge in [0.15, 0.2) is 0 Å². The van der Waals surface area contributed by atoms with Crippen LogP contribution in [0.2, 0.25) is 0 Å². The van der Waals surface area contributed by atoms with Crippen molar-refractivity contribution in [3.8, 4) is 11.5 Å². The van der Waals surface area contributed by atoms with E-state index in [1.54, 1.807) is 24.3 Å². The summed E-state index contributed by atoms with van der Waals surface area (Å²) in [5, 5.41) is 2.97. The van der Waals surface area contributed by atoms with Crippen molar-refractivity contribution in [2.24, 2.45) is 0 Å². The highest BCUT2D eigenvalue weighted by Gasteiger charge is 2.39. The normalized spacial score (nSPS) is 17.1. The summed E-state index contributed by atoms with van der Waals surface area (Å²) in [5.74, 6) is -0.432. The molecule has 1 atom stereocenters. The highest BCUT2D eigenvalue weighted by atomic mass is 19.4. The molecule has 1 N–H and O–H groups in total. The van der Waals surface area contributed by atoms with Crippen LogP contribution in [0.5, 0.6) is 11.5 Å². The first-order valence-corrected chi connectivity index (χ1v) is 8.36. The molecule has 1 saturated heterocycles. The molecule has 148 valence electrons. The fourth-order valence-corrected chi connectivity index (χ4v) is 2.84. The number of carbonyl (C=O) groups is 2. The molecule has 0 aromatic heterocycles. The van der Waals surface area contributed by atoms with Gasteiger partial charge in [0.05, 0.1) is 25.3 Å². The Morgan fingerprint density at radius 3 is 2.21 bits per heavy atom. The molecule has 2 aromatic rings. The van der Waals surface area contributed by atoms with Gasteiger partial charge < -0.3 is 14.8 Å². The lowest BCUT2D eigenvalue weighted by Crippen LogP contribution is -2.38. The summed E-state index contributed by atoms with van der Waals surface area (Å²) in [7, 11) is 1.52. The van der Waals surface area contributed by atoms with Gasteiger partial charge >= 0.3 is 6.36 Å². The lowest BCUT2D eigenvalue weighted by atomic mass is 10.2. The number of hydrogen-bond acceptors (Lipinski definition) is 5. The summed E-state index contributed by atoms with van der Waals surface area (Å²) in [6.45, 7) is 0.215. The molecule has 1 heterocycles. The first kappa shape index (κ1) is 19.7. The monoisotopic (exact) mass is 394 g/mol. The topological polar surface area (TPSA) is 67.9 Å². The van der Waals surface area contributed by atoms with Crippen LogP contribution in [0.25, 0.3) is 0 Å². The van der Waals surface area contributed by atoms with E-state index in [9.17, 15) is 22.8 Å². The Labute approximate surface area is 158 Å². The van der Waals surface area contributed by atoms with Crippen molar-refractivity contribution in [3.63, 3.8) is 0 Å². The Balaban J connectivity index is 1.61. The van der Waals surface area contributed by atoms with Crippen LogP contribution in [0.4, 0.5) is 18.9 Å². The number of nitrogens with one attached hydrogen (secondary N) is 1. The van der Waals surface area contributed by atoms with Crippen molar-refractivity contribution in [3.05, 3.63) is 54.1 Å². The molecule has 0 aliphatic carbocycles. The third kappa shape index (κ3) is 4.61. The number of anilines is 1. The molecule has 28 heavy (non-hydrogen) atoms. The van der Waals surface area contributed by atoms with Gasteiger partial charge in [-0.05, 0) is 42.0 Å². The highest BCUT2D eigenvalue weighted by molar-refractivity contribution is 6.22. The molecule has 0 bridgehead atoms. The molecule has 1 aliphatic rings. The standard InChI is InChI=1S/C19H17F3N2O4/c1-27-14-8-4-13(5-9-14)24-17(25)10-16(18(24)26)23-11-12-2-6-15(7-3-12)28-19(20,21)22/h2-9,16,23H,10-11H2,1H3/t16-/m0/s1. The number of carbonyl (C=O) groups excluding carboxylic acids is 2. The Morgan fingerprint density at radius 1 is 1.04 bits per heavy atom. The van der Waals surface area contributed by atoms with Gasteiger partial charge in [0, 0.05) is 6.54 Å². The van der Waals surface area contributed by atoms with Crippen molar-refractivity contribution < 1.29 is 32.2 Å². The minimum atomic E-state index is -4.75. The largest absolute Gasteiger partial charge is 0.573 e. The van der Waals surface area contributed by atoms with Gasteiger partial charge in [-0.3, -0.25) is 9.59 Å². The molecule has 2 aromatic carbocycles. The Kier molecular flexibility index (Phi) is 5.55. The van der Waals surface area contributed by atoms with Crippen LogP contribution in [0.1, 0.15) is 12.0 Å². The summed E-state index contributed by atoms with van der Waals surface area (Å²) < 4.78 is 45.4. The predicted molar refractivity (Wildman–Crippen MR) is 93.9 cm³/mol. The van der Waals surface area contributed by atoms with E-state index >= 15 is 0 Å². The van der Waals surface area contributed by atoms with Gasteiger partial charge in [-0.1, -0.05) is 12.1 Å². The molecule has 6 nitrogen and oxygen atoms in total. The van der Waals surface area contributed by atoms with Crippen LogP contribution in [0.15, 0.2) is 48.5 Å². The van der Waals surface area contributed by atoms with Gasteiger partial charge in [-0.2, -0.15) is 0 Å². The van der Waals surface area contributed by atoms with Gasteiger partial charge in [0.25, 0.3) is 5.91 Å². The second-order valence-corrected chi connectivity index (χ2v) is 6.09. The maximum Gasteiger partial charge on any atom is 0.573 e. The number of amides is 2. The molecule has 9 heteroatoms. The first-order valence-electron chi connectivity index (χ1n) is 8.36. The average Bonchev–Trinajstić information content (AvgIpc) is 2.93. The summed E-state index contributed by atoms with van der Waals surface area (Å²) in [4.78, 5) is 25.9. The zero-order valence-corrected chi connectivity index (χ0v) is 14.8. The quantitative estimate of drug-likeness (QED) is 0.763. The van der Waals surface area contributed by atoms with Crippen LogP contribution >= 0.6 is 0 Å². The van der Waals surface area contributed by atoms with Gasteiger partial charge in [0.2, 0.25) is 5.91 Å². The second-order valence-electron chi connectivity index (χ2n) is 6.09. The van der Waals surface area contributed by atoms with E-state index < -0.39 is 12.4 Å². The lowest BCUT2D eigenvalue weighted by Gasteiger charge is -2.16. The minimum Gasteiger partial charge on any atom is -0.497 e. The van der Waals surface area contributed by atoms with E-state index in [4.69, 9.17) is 4.74 Å². The summed E-state index contributed by atoms with van der Waals surface area (Å²) in [6.07, 6.45) is -4.75. The van der Waals surface area contributed by atoms with Crippen LogP contribution in [0.3, 0.4) is 0 Å². The lowest BCUT2D eigenvalue weighted by molar-refractivity contribution is -0.274. The van der Waals surface area contributed by atoms with E-state index in [0.717, 1.165) is 4.90 Å². The van der Waals surface area contributed by atoms with E-state index in [1.165, 1.54) is 31.4 Å². The fourth-order valence-electron chi connectivity index (χ4n) is 2.84. The zero-order chi connectivity index (χ0) is 20.3. The maximum absolute atomic E-state index is 12.6. The van der Waals surface area contributed by atoms with Crippen LogP contribution in [-0.4, -0.2) is 31.3 Å². The molecular weight excluding hydrogens is 377 g/mol. The second kappa shape index (κ2) is 7.89. The molecular formula is C19H17F3N2O4. The Bertz CT molecular complexity index is 851. The molecule has 3 rings (SSSR count). The smallest absolute Gasteiger partial charge is 0.497 e. The van der Waals surface area contributed by atoms with Crippen molar-refractivity contribution >= 4 is 17.5 Å². The van der Waals surface area contributed by atoms with E-state index in [-0.39, 0.29) is 30.5 Å². The third-order valence-electron chi connectivity index (χ3n) is 4.19. The van der Waals surface area contributed by atoms with Gasteiger partial charge in [-0.15, -0.1) is 13.2 Å². The number of hydrogen-bond donors (Lipinski definition) is 1. The fraction of sp³-hybridized carbons (Fsp3) is 0.263. The molecule has 0 unspecified atom stereocenters. The average molecular weight is 394 g/mol. The number of benzene rings is 2. The third-order valence-corrected chi connectivity index (χ3v) is 4.19. The van der Waals surface area contributed by atoms with Gasteiger partial charge in [-0.25, -0.2) is 4.90 Å². The SMILES string of the molecule is COc1ccc(N2C(=O)C[C@H](NCc3ccc(OC(F)(F)F)cc3)C2=O)cc1. The maximum atomic E-state index is 12.6. The summed E-state index contributed by atoms with van der Waals surface area (Å²) in [6, 6.07) is 11.1. The Hall–Kier alpha value is -3.07. The van der Waals surface area contributed by atoms with Crippen molar-refractivity contribution in [1.29, 1.82) is 0 Å². The molecule has 1 aliphatic heterocycles. The minimum absolute atomic E-state index is 0.000130. The van der Waals surface area contributed by atoms with Crippen LogP contribution < -0.4 is 19.7 Å². The summed E-state index contributed by atoms with van der Waals surface area (Å²) >= 11 is 0. The number of methoxy groups -OCH3 is 1. The first-order chi connectivity index (χ1) is 13.3. The number of rotatable bonds is 6. The molecule has 0 spiro atoms. The highest BCUT2D eigenvalue weighted by Crippen LogP contribution is 2.26. The zero-order valence-electron chi connectivity index (χ0n) is 14.8. The van der Waals surface area contributed by atoms with E-state index in [1.807, 2.05) is 0 Å². The number of nitrogens with zero attached hydrogens (tertiary/aromatic N) is 1. The predicted octanol–water partition coefficient (Wildman–Crippen LogP) is 3.02. The molecule has 2 amide bonds. The van der Waals surface area contributed by atoms with Crippen LogP contribution in [0, 0.1) is 0 Å². The number of alkyl halides is 3. The molecule has 1 fully saturated rings. The van der Waals surface area contributed by atoms with Crippen molar-refractivity contribution in [2.75, 3.05) is 12.0 Å². The van der Waals surface area contributed by atoms with E-state index in [2.05, 4.69) is 10.1 Å². The van der Waals surface area contributed by atoms with Crippen molar-refractivity contribution in [1.82, 2.24) is 5.32 Å². The summed E-state index contributed by atoms with van der Waals surface area (Å²) in [5.41, 5.74) is 1.10.